The van der Waals surface area contributed by atoms with Crippen molar-refractivity contribution in [3.05, 3.63) is 17.0 Å². The average molecular weight is 284 g/mol. The maximum Gasteiger partial charge on any atom is 0.143 e. The van der Waals surface area contributed by atoms with Crippen LogP contribution in [0, 0.1) is 5.92 Å². The molecular weight excluding hydrogens is 266 g/mol. The highest BCUT2D eigenvalue weighted by molar-refractivity contribution is 9.10. The highest BCUT2D eigenvalue weighted by Crippen LogP contribution is 2.29. The number of nitrogens with one attached hydrogen (secondary N) is 1. The van der Waals surface area contributed by atoms with Crippen molar-refractivity contribution in [2.24, 2.45) is 5.92 Å². The third-order valence-electron chi connectivity index (χ3n) is 3.43. The lowest BCUT2D eigenvalue weighted by molar-refractivity contribution is 0.330. The van der Waals surface area contributed by atoms with Crippen molar-refractivity contribution in [3.8, 4) is 0 Å². The Bertz CT molecular complexity index is 335. The fraction of sp³-hybridized carbons (Fsp3) is 0.667. The number of aromatic nitrogens is 2. The standard InChI is InChI=1S/C12H18BrN3/c1-2-9-3-5-10(6-4-9)16-12-11(13)7-14-8-15-12/h7-10H,2-6H2,1H3,(H,14,15,16). The number of rotatable bonds is 3. The van der Waals surface area contributed by atoms with E-state index in [4.69, 9.17) is 0 Å². The molecule has 3 nitrogen and oxygen atoms in total. The summed E-state index contributed by atoms with van der Waals surface area (Å²) in [5.74, 6) is 1.86. The Hall–Kier alpha value is -0.640. The zero-order chi connectivity index (χ0) is 11.4. The molecule has 4 heteroatoms. The lowest BCUT2D eigenvalue weighted by Crippen LogP contribution is -2.26. The fourth-order valence-corrected chi connectivity index (χ4v) is 2.66. The van der Waals surface area contributed by atoms with Gasteiger partial charge in [-0.15, -0.1) is 0 Å². The Morgan fingerprint density at radius 2 is 2.12 bits per heavy atom. The molecule has 1 aromatic heterocycles. The van der Waals surface area contributed by atoms with E-state index in [1.54, 1.807) is 12.5 Å². The minimum atomic E-state index is 0.578. The molecule has 88 valence electrons. The van der Waals surface area contributed by atoms with Gasteiger partial charge in [0, 0.05) is 12.2 Å². The lowest BCUT2D eigenvalue weighted by Gasteiger charge is -2.28. The summed E-state index contributed by atoms with van der Waals surface area (Å²) in [4.78, 5) is 8.21. The quantitative estimate of drug-likeness (QED) is 0.921. The molecule has 0 radical (unpaired) electrons. The van der Waals surface area contributed by atoms with Crippen LogP contribution >= 0.6 is 15.9 Å². The molecule has 0 atom stereocenters. The Kier molecular flexibility index (Phi) is 4.16. The highest BCUT2D eigenvalue weighted by Gasteiger charge is 2.20. The first-order valence-electron chi connectivity index (χ1n) is 6.01. The van der Waals surface area contributed by atoms with Gasteiger partial charge in [0.05, 0.1) is 4.47 Å². The maximum atomic E-state index is 4.24. The molecule has 1 heterocycles. The first-order valence-corrected chi connectivity index (χ1v) is 6.81. The molecule has 0 aliphatic heterocycles. The first-order chi connectivity index (χ1) is 7.79. The second kappa shape index (κ2) is 5.62. The molecule has 1 aliphatic carbocycles. The minimum absolute atomic E-state index is 0.578. The van der Waals surface area contributed by atoms with Crippen LogP contribution in [0.2, 0.25) is 0 Å². The summed E-state index contributed by atoms with van der Waals surface area (Å²) in [5, 5.41) is 3.50. The Labute approximate surface area is 105 Å². The van der Waals surface area contributed by atoms with Crippen LogP contribution < -0.4 is 5.32 Å². The van der Waals surface area contributed by atoms with Gasteiger partial charge >= 0.3 is 0 Å². The average Bonchev–Trinajstić information content (AvgIpc) is 2.33. The van der Waals surface area contributed by atoms with Crippen LogP contribution in [0.1, 0.15) is 39.0 Å². The summed E-state index contributed by atoms with van der Waals surface area (Å²) in [6.07, 6.45) is 9.90. The summed E-state index contributed by atoms with van der Waals surface area (Å²) >= 11 is 3.46. The molecule has 1 aromatic rings. The SMILES string of the molecule is CCC1CCC(Nc2ncncc2Br)CC1. The zero-order valence-corrected chi connectivity index (χ0v) is 11.2. The number of halogens is 1. The van der Waals surface area contributed by atoms with Crippen LogP contribution in [0.15, 0.2) is 17.0 Å². The van der Waals surface area contributed by atoms with Crippen LogP contribution in [-0.2, 0) is 0 Å². The predicted octanol–water partition coefficient (Wildman–Crippen LogP) is 3.62. The second-order valence-corrected chi connectivity index (χ2v) is 5.34. The van der Waals surface area contributed by atoms with E-state index in [-0.39, 0.29) is 0 Å². The van der Waals surface area contributed by atoms with Crippen molar-refractivity contribution in [1.29, 1.82) is 0 Å². The molecule has 0 spiro atoms. The van der Waals surface area contributed by atoms with Gasteiger partial charge in [0.1, 0.15) is 12.1 Å². The number of hydrogen-bond donors (Lipinski definition) is 1. The van der Waals surface area contributed by atoms with Gasteiger partial charge in [-0.25, -0.2) is 9.97 Å². The van der Waals surface area contributed by atoms with Gasteiger partial charge in [-0.05, 0) is 47.5 Å². The van der Waals surface area contributed by atoms with Crippen molar-refractivity contribution < 1.29 is 0 Å². The smallest absolute Gasteiger partial charge is 0.143 e. The van der Waals surface area contributed by atoms with Crippen LogP contribution in [0.4, 0.5) is 5.82 Å². The van der Waals surface area contributed by atoms with Crippen LogP contribution in [-0.4, -0.2) is 16.0 Å². The lowest BCUT2D eigenvalue weighted by atomic mass is 9.84. The molecule has 1 saturated carbocycles. The van der Waals surface area contributed by atoms with Gasteiger partial charge in [-0.2, -0.15) is 0 Å². The van der Waals surface area contributed by atoms with E-state index in [9.17, 15) is 0 Å². The van der Waals surface area contributed by atoms with Crippen molar-refractivity contribution in [2.45, 2.75) is 45.1 Å². The van der Waals surface area contributed by atoms with Gasteiger partial charge in [-0.3, -0.25) is 0 Å². The van der Waals surface area contributed by atoms with Crippen molar-refractivity contribution in [3.63, 3.8) is 0 Å². The van der Waals surface area contributed by atoms with Gasteiger partial charge in [0.25, 0.3) is 0 Å². The van der Waals surface area contributed by atoms with E-state index in [2.05, 4.69) is 38.1 Å². The van der Waals surface area contributed by atoms with Gasteiger partial charge in [0.2, 0.25) is 0 Å². The zero-order valence-electron chi connectivity index (χ0n) is 9.62. The molecule has 16 heavy (non-hydrogen) atoms. The number of nitrogens with zero attached hydrogens (tertiary/aromatic N) is 2. The Morgan fingerprint density at radius 1 is 1.38 bits per heavy atom. The van der Waals surface area contributed by atoms with E-state index in [0.717, 1.165) is 16.2 Å². The Balaban J connectivity index is 1.89. The predicted molar refractivity (Wildman–Crippen MR) is 69.4 cm³/mol. The van der Waals surface area contributed by atoms with Crippen LogP contribution in [0.25, 0.3) is 0 Å². The molecule has 0 saturated heterocycles. The second-order valence-electron chi connectivity index (χ2n) is 4.49. The number of hydrogen-bond acceptors (Lipinski definition) is 3. The molecule has 0 bridgehead atoms. The van der Waals surface area contributed by atoms with Gasteiger partial charge in [-0.1, -0.05) is 13.3 Å². The van der Waals surface area contributed by atoms with E-state index >= 15 is 0 Å². The molecule has 0 aromatic carbocycles. The van der Waals surface area contributed by atoms with E-state index in [0.29, 0.717) is 6.04 Å². The molecule has 1 aliphatic rings. The van der Waals surface area contributed by atoms with Crippen molar-refractivity contribution in [1.82, 2.24) is 9.97 Å². The van der Waals surface area contributed by atoms with Crippen molar-refractivity contribution in [2.75, 3.05) is 5.32 Å². The third-order valence-corrected chi connectivity index (χ3v) is 4.01. The first kappa shape index (κ1) is 11.8. The highest BCUT2D eigenvalue weighted by atomic mass is 79.9. The van der Waals surface area contributed by atoms with E-state index in [1.807, 2.05) is 0 Å². The topological polar surface area (TPSA) is 37.8 Å². The molecule has 1 N–H and O–H groups in total. The molecule has 2 rings (SSSR count). The monoisotopic (exact) mass is 283 g/mol. The van der Waals surface area contributed by atoms with Crippen LogP contribution in [0.3, 0.4) is 0 Å². The molecular formula is C12H18BrN3. The van der Waals surface area contributed by atoms with Crippen LogP contribution in [0.5, 0.6) is 0 Å². The minimum Gasteiger partial charge on any atom is -0.366 e. The summed E-state index contributed by atoms with van der Waals surface area (Å²) in [7, 11) is 0. The third kappa shape index (κ3) is 2.94. The van der Waals surface area contributed by atoms with E-state index < -0.39 is 0 Å². The maximum absolute atomic E-state index is 4.24. The fourth-order valence-electron chi connectivity index (χ4n) is 2.33. The van der Waals surface area contributed by atoms with Gasteiger partial charge in [0.15, 0.2) is 0 Å². The van der Waals surface area contributed by atoms with E-state index in [1.165, 1.54) is 32.1 Å². The molecule has 0 amide bonds. The Morgan fingerprint density at radius 3 is 2.75 bits per heavy atom. The normalized spacial score (nSPS) is 25.4. The van der Waals surface area contributed by atoms with Crippen molar-refractivity contribution >= 4 is 21.7 Å². The summed E-state index contributed by atoms with van der Waals surface area (Å²) in [6, 6.07) is 0.578. The van der Waals surface area contributed by atoms with Gasteiger partial charge < -0.3 is 5.32 Å². The summed E-state index contributed by atoms with van der Waals surface area (Å²) in [5.41, 5.74) is 0. The summed E-state index contributed by atoms with van der Waals surface area (Å²) in [6.45, 7) is 2.29. The molecule has 0 unspecified atom stereocenters. The number of anilines is 1. The molecule has 1 fully saturated rings. The summed E-state index contributed by atoms with van der Waals surface area (Å²) < 4.78 is 0.951. The largest absolute Gasteiger partial charge is 0.366 e.